The summed E-state index contributed by atoms with van der Waals surface area (Å²) in [5.41, 5.74) is 0. The summed E-state index contributed by atoms with van der Waals surface area (Å²) in [5.74, 6) is -0.412. The largest absolute Gasteiger partial charge is 0.438 e. The molecule has 0 spiro atoms. The van der Waals surface area contributed by atoms with Crippen LogP contribution in [-0.2, 0) is 14.3 Å². The van der Waals surface area contributed by atoms with Gasteiger partial charge in [-0.25, -0.2) is 4.79 Å². The van der Waals surface area contributed by atoms with E-state index in [0.717, 1.165) is 12.5 Å². The first-order valence-electron chi connectivity index (χ1n) is 4.81. The molecule has 0 radical (unpaired) electrons. The van der Waals surface area contributed by atoms with E-state index in [-0.39, 0.29) is 5.91 Å². The van der Waals surface area contributed by atoms with Crippen LogP contribution in [0.2, 0.25) is 0 Å². The second kappa shape index (κ2) is 4.79. The SMILES string of the molecule is C=CC(=O)OC(CC)N1CCCC1=O. The number of likely N-dealkylation sites (tertiary alicyclic amines) is 1. The average molecular weight is 197 g/mol. The fourth-order valence-electron chi connectivity index (χ4n) is 1.52. The van der Waals surface area contributed by atoms with E-state index in [1.165, 1.54) is 0 Å². The van der Waals surface area contributed by atoms with Crippen molar-refractivity contribution in [3.63, 3.8) is 0 Å². The van der Waals surface area contributed by atoms with Crippen LogP contribution in [-0.4, -0.2) is 29.5 Å². The molecule has 0 aliphatic carbocycles. The molecule has 1 rings (SSSR count). The van der Waals surface area contributed by atoms with E-state index in [2.05, 4.69) is 6.58 Å². The lowest BCUT2D eigenvalue weighted by Gasteiger charge is -2.25. The van der Waals surface area contributed by atoms with Crippen molar-refractivity contribution < 1.29 is 14.3 Å². The Balaban J connectivity index is 2.56. The molecule has 78 valence electrons. The topological polar surface area (TPSA) is 46.6 Å². The van der Waals surface area contributed by atoms with Gasteiger partial charge in [0.25, 0.3) is 0 Å². The number of hydrogen-bond acceptors (Lipinski definition) is 3. The van der Waals surface area contributed by atoms with Gasteiger partial charge in [-0.3, -0.25) is 4.79 Å². The summed E-state index contributed by atoms with van der Waals surface area (Å²) in [4.78, 5) is 23.9. The highest BCUT2D eigenvalue weighted by atomic mass is 16.6. The summed E-state index contributed by atoms with van der Waals surface area (Å²) in [6.07, 6.45) is 2.72. The van der Waals surface area contributed by atoms with Crippen LogP contribution < -0.4 is 0 Å². The van der Waals surface area contributed by atoms with Gasteiger partial charge in [0.15, 0.2) is 6.23 Å². The molecule has 0 aromatic heterocycles. The van der Waals surface area contributed by atoms with Gasteiger partial charge in [0, 0.05) is 25.5 Å². The number of ether oxygens (including phenoxy) is 1. The minimum atomic E-state index is -0.475. The average Bonchev–Trinajstić information content (AvgIpc) is 2.60. The number of carbonyl (C=O) groups excluding carboxylic acids is 2. The van der Waals surface area contributed by atoms with Gasteiger partial charge in [0.05, 0.1) is 0 Å². The first kappa shape index (κ1) is 10.8. The maximum Gasteiger partial charge on any atom is 0.332 e. The predicted octanol–water partition coefficient (Wildman–Crippen LogP) is 1.07. The summed E-state index contributed by atoms with van der Waals surface area (Å²) in [6.45, 7) is 5.88. The van der Waals surface area contributed by atoms with Crippen molar-refractivity contribution in [1.29, 1.82) is 0 Å². The summed E-state index contributed by atoms with van der Waals surface area (Å²) in [5, 5.41) is 0. The van der Waals surface area contributed by atoms with Gasteiger partial charge in [-0.05, 0) is 6.42 Å². The van der Waals surface area contributed by atoms with Crippen LogP contribution in [0.15, 0.2) is 12.7 Å². The smallest absolute Gasteiger partial charge is 0.332 e. The first-order chi connectivity index (χ1) is 6.69. The van der Waals surface area contributed by atoms with E-state index in [1.807, 2.05) is 6.92 Å². The van der Waals surface area contributed by atoms with E-state index < -0.39 is 12.2 Å². The van der Waals surface area contributed by atoms with E-state index in [4.69, 9.17) is 4.74 Å². The predicted molar refractivity (Wildman–Crippen MR) is 51.3 cm³/mol. The molecule has 0 saturated carbocycles. The van der Waals surface area contributed by atoms with Gasteiger partial charge in [-0.2, -0.15) is 0 Å². The van der Waals surface area contributed by atoms with Crippen molar-refractivity contribution in [2.75, 3.05) is 6.54 Å². The van der Waals surface area contributed by atoms with Gasteiger partial charge >= 0.3 is 5.97 Å². The lowest BCUT2D eigenvalue weighted by Crippen LogP contribution is -2.38. The summed E-state index contributed by atoms with van der Waals surface area (Å²) < 4.78 is 5.05. The highest BCUT2D eigenvalue weighted by Crippen LogP contribution is 2.16. The van der Waals surface area contributed by atoms with Crippen molar-refractivity contribution in [2.45, 2.75) is 32.4 Å². The Bertz CT molecular complexity index is 250. The number of hydrogen-bond donors (Lipinski definition) is 0. The zero-order valence-electron chi connectivity index (χ0n) is 8.36. The third kappa shape index (κ3) is 2.34. The highest BCUT2D eigenvalue weighted by molar-refractivity contribution is 5.82. The van der Waals surface area contributed by atoms with E-state index in [1.54, 1.807) is 4.90 Å². The van der Waals surface area contributed by atoms with Crippen molar-refractivity contribution in [2.24, 2.45) is 0 Å². The quantitative estimate of drug-likeness (QED) is 0.500. The molecule has 1 heterocycles. The molecular formula is C10H15NO3. The number of carbonyl (C=O) groups is 2. The molecule has 1 aliphatic heterocycles. The Morgan fingerprint density at radius 3 is 2.93 bits per heavy atom. The number of nitrogens with zero attached hydrogens (tertiary/aromatic N) is 1. The summed E-state index contributed by atoms with van der Waals surface area (Å²) >= 11 is 0. The molecule has 4 heteroatoms. The zero-order chi connectivity index (χ0) is 10.6. The van der Waals surface area contributed by atoms with Crippen LogP contribution in [0.3, 0.4) is 0 Å². The first-order valence-corrected chi connectivity index (χ1v) is 4.81. The second-order valence-corrected chi connectivity index (χ2v) is 3.19. The van der Waals surface area contributed by atoms with E-state index >= 15 is 0 Å². The normalized spacial score (nSPS) is 18.1. The molecule has 1 aliphatic rings. The maximum absolute atomic E-state index is 11.4. The zero-order valence-corrected chi connectivity index (χ0v) is 8.36. The van der Waals surface area contributed by atoms with Crippen LogP contribution in [0.4, 0.5) is 0 Å². The van der Waals surface area contributed by atoms with Crippen molar-refractivity contribution >= 4 is 11.9 Å². The lowest BCUT2D eigenvalue weighted by atomic mass is 10.4. The molecule has 0 aromatic rings. The number of rotatable bonds is 4. The minimum absolute atomic E-state index is 0.0636. The maximum atomic E-state index is 11.4. The highest BCUT2D eigenvalue weighted by Gasteiger charge is 2.28. The molecule has 0 bridgehead atoms. The van der Waals surface area contributed by atoms with Gasteiger partial charge in [0.2, 0.25) is 5.91 Å². The fraction of sp³-hybridized carbons (Fsp3) is 0.600. The number of esters is 1. The Morgan fingerprint density at radius 2 is 2.50 bits per heavy atom. The molecule has 1 unspecified atom stereocenters. The summed E-state index contributed by atoms with van der Waals surface area (Å²) in [7, 11) is 0. The Morgan fingerprint density at radius 1 is 1.79 bits per heavy atom. The third-order valence-electron chi connectivity index (χ3n) is 2.23. The van der Waals surface area contributed by atoms with Gasteiger partial charge in [-0.1, -0.05) is 13.5 Å². The summed E-state index contributed by atoms with van der Waals surface area (Å²) in [6, 6.07) is 0. The van der Waals surface area contributed by atoms with Crippen molar-refractivity contribution in [3.05, 3.63) is 12.7 Å². The van der Waals surface area contributed by atoms with Crippen LogP contribution in [0.25, 0.3) is 0 Å². The molecule has 0 N–H and O–H groups in total. The molecule has 1 fully saturated rings. The second-order valence-electron chi connectivity index (χ2n) is 3.19. The third-order valence-corrected chi connectivity index (χ3v) is 2.23. The Labute approximate surface area is 83.5 Å². The van der Waals surface area contributed by atoms with Crippen molar-refractivity contribution in [1.82, 2.24) is 4.90 Å². The minimum Gasteiger partial charge on any atom is -0.438 e. The molecule has 4 nitrogen and oxygen atoms in total. The molecule has 1 saturated heterocycles. The van der Waals surface area contributed by atoms with E-state index in [0.29, 0.717) is 19.4 Å². The molecule has 14 heavy (non-hydrogen) atoms. The van der Waals surface area contributed by atoms with Crippen LogP contribution >= 0.6 is 0 Å². The van der Waals surface area contributed by atoms with Gasteiger partial charge in [0.1, 0.15) is 0 Å². The molecule has 1 amide bonds. The Hall–Kier alpha value is -1.32. The van der Waals surface area contributed by atoms with Crippen molar-refractivity contribution in [3.8, 4) is 0 Å². The molecular weight excluding hydrogens is 182 g/mol. The van der Waals surface area contributed by atoms with Crippen LogP contribution in [0.5, 0.6) is 0 Å². The standard InChI is InChI=1S/C10H15NO3/c1-3-9(14-10(13)4-2)11-7-5-6-8(11)12/h4,9H,2-3,5-7H2,1H3. The van der Waals surface area contributed by atoms with Crippen LogP contribution in [0, 0.1) is 0 Å². The van der Waals surface area contributed by atoms with E-state index in [9.17, 15) is 9.59 Å². The monoisotopic (exact) mass is 197 g/mol. The molecule has 0 aromatic carbocycles. The molecule has 1 atom stereocenters. The lowest BCUT2D eigenvalue weighted by molar-refractivity contribution is -0.158. The fourth-order valence-corrected chi connectivity index (χ4v) is 1.52. The Kier molecular flexibility index (Phi) is 3.68. The van der Waals surface area contributed by atoms with Crippen LogP contribution in [0.1, 0.15) is 26.2 Å². The number of amides is 1. The van der Waals surface area contributed by atoms with Gasteiger partial charge in [-0.15, -0.1) is 0 Å². The van der Waals surface area contributed by atoms with Gasteiger partial charge < -0.3 is 9.64 Å².